The average Bonchev–Trinajstić information content (AvgIpc) is 3.13. The van der Waals surface area contributed by atoms with E-state index in [9.17, 15) is 28.2 Å². The summed E-state index contributed by atoms with van der Waals surface area (Å²) in [6.45, 7) is 5.59. The molecular weight excluding hydrogens is 665 g/mol. The van der Waals surface area contributed by atoms with Crippen LogP contribution in [0.5, 0.6) is 11.5 Å². The summed E-state index contributed by atoms with van der Waals surface area (Å²) in [6.07, 6.45) is 0.635. The number of sulfonamides is 1. The quantitative estimate of drug-likeness (QED) is 0.0892. The lowest BCUT2D eigenvalue weighted by molar-refractivity contribution is -0.149. The van der Waals surface area contributed by atoms with Crippen LogP contribution in [0.25, 0.3) is 0 Å². The first-order valence-corrected chi connectivity index (χ1v) is 18.2. The number of aromatic hydroxyl groups is 2. The van der Waals surface area contributed by atoms with E-state index in [1.807, 2.05) is 84.9 Å². The van der Waals surface area contributed by atoms with Crippen LogP contribution in [0.3, 0.4) is 0 Å². The van der Waals surface area contributed by atoms with Gasteiger partial charge in [-0.1, -0.05) is 98.8 Å². The van der Waals surface area contributed by atoms with Crippen molar-refractivity contribution in [1.82, 2.24) is 4.72 Å². The van der Waals surface area contributed by atoms with Gasteiger partial charge in [0.1, 0.15) is 18.1 Å². The first-order valence-electron chi connectivity index (χ1n) is 16.7. The molecule has 1 atom stereocenters. The van der Waals surface area contributed by atoms with Gasteiger partial charge in [0, 0.05) is 24.2 Å². The summed E-state index contributed by atoms with van der Waals surface area (Å²) in [5.41, 5.74) is 4.74. The minimum Gasteiger partial charge on any atom is -0.507 e. The molecule has 5 aromatic rings. The van der Waals surface area contributed by atoms with Crippen molar-refractivity contribution in [1.29, 1.82) is 0 Å². The third-order valence-electron chi connectivity index (χ3n) is 8.72. The SMILES string of the molecule is Cc1c(O)c(Cc2ccccc2C(C)C)cc(C(=O)Nc2ccc(S(=O)(=O)NC[C@@H](Cc3ccccc3)C(=O)OCc3ccccc3)cc2)c1O. The third kappa shape index (κ3) is 9.42. The highest BCUT2D eigenvalue weighted by molar-refractivity contribution is 7.89. The molecule has 0 aliphatic heterocycles. The smallest absolute Gasteiger partial charge is 0.310 e. The first-order chi connectivity index (χ1) is 24.4. The Morgan fingerprint density at radius 1 is 0.765 bits per heavy atom. The van der Waals surface area contributed by atoms with Crippen molar-refractivity contribution in [3.05, 3.63) is 154 Å². The van der Waals surface area contributed by atoms with Gasteiger partial charge >= 0.3 is 5.97 Å². The summed E-state index contributed by atoms with van der Waals surface area (Å²) in [6, 6.07) is 33.4. The van der Waals surface area contributed by atoms with Gasteiger partial charge in [0.15, 0.2) is 0 Å². The van der Waals surface area contributed by atoms with Crippen molar-refractivity contribution in [2.75, 3.05) is 11.9 Å². The molecule has 0 fully saturated rings. The van der Waals surface area contributed by atoms with Gasteiger partial charge in [0.25, 0.3) is 5.91 Å². The van der Waals surface area contributed by atoms with Gasteiger partial charge in [-0.15, -0.1) is 0 Å². The highest BCUT2D eigenvalue weighted by Gasteiger charge is 2.25. The van der Waals surface area contributed by atoms with E-state index in [1.54, 1.807) is 6.92 Å². The molecule has 0 saturated carbocycles. The number of phenols is 2. The van der Waals surface area contributed by atoms with E-state index in [1.165, 1.54) is 30.3 Å². The van der Waals surface area contributed by atoms with Crippen LogP contribution < -0.4 is 10.0 Å². The molecule has 1 amide bonds. The molecule has 5 rings (SSSR count). The molecule has 5 aromatic carbocycles. The lowest BCUT2D eigenvalue weighted by Gasteiger charge is -2.18. The van der Waals surface area contributed by atoms with Gasteiger partial charge in [-0.25, -0.2) is 13.1 Å². The number of hydrogen-bond donors (Lipinski definition) is 4. The lowest BCUT2D eigenvalue weighted by atomic mass is 9.91. The molecule has 264 valence electrons. The number of carbonyl (C=O) groups excluding carboxylic acids is 2. The molecule has 9 nitrogen and oxygen atoms in total. The Hall–Kier alpha value is -5.45. The number of ether oxygens (including phenoxy) is 1. The van der Waals surface area contributed by atoms with Crippen molar-refractivity contribution >= 4 is 27.6 Å². The van der Waals surface area contributed by atoms with Gasteiger partial charge in [-0.3, -0.25) is 9.59 Å². The number of carbonyl (C=O) groups is 2. The van der Waals surface area contributed by atoms with Crippen molar-refractivity contribution in [3.8, 4) is 11.5 Å². The van der Waals surface area contributed by atoms with Crippen LogP contribution in [-0.4, -0.2) is 37.1 Å². The number of esters is 1. The Morgan fingerprint density at radius 2 is 1.37 bits per heavy atom. The average molecular weight is 707 g/mol. The highest BCUT2D eigenvalue weighted by atomic mass is 32.2. The molecular formula is C41H42N2O7S. The zero-order valence-corrected chi connectivity index (χ0v) is 29.6. The minimum absolute atomic E-state index is 0.0238. The van der Waals surface area contributed by atoms with Gasteiger partial charge < -0.3 is 20.3 Å². The maximum Gasteiger partial charge on any atom is 0.310 e. The molecule has 0 unspecified atom stereocenters. The van der Waals surface area contributed by atoms with Crippen LogP contribution in [0.1, 0.15) is 63.5 Å². The summed E-state index contributed by atoms with van der Waals surface area (Å²) in [5.74, 6) is -2.11. The Bertz CT molecular complexity index is 2080. The van der Waals surface area contributed by atoms with Crippen LogP contribution in [0.2, 0.25) is 0 Å². The van der Waals surface area contributed by atoms with Crippen LogP contribution in [0.4, 0.5) is 5.69 Å². The van der Waals surface area contributed by atoms with Crippen molar-refractivity contribution in [2.24, 2.45) is 5.92 Å². The van der Waals surface area contributed by atoms with E-state index in [0.717, 1.165) is 22.3 Å². The van der Waals surface area contributed by atoms with E-state index in [0.29, 0.717) is 17.7 Å². The zero-order valence-electron chi connectivity index (χ0n) is 28.8. The monoisotopic (exact) mass is 706 g/mol. The van der Waals surface area contributed by atoms with Crippen LogP contribution in [0, 0.1) is 12.8 Å². The van der Waals surface area contributed by atoms with Crippen LogP contribution in [0.15, 0.2) is 120 Å². The molecule has 0 aromatic heterocycles. The number of amides is 1. The van der Waals surface area contributed by atoms with E-state index < -0.39 is 27.8 Å². The maximum atomic E-state index is 13.4. The molecule has 0 spiro atoms. The number of nitrogens with one attached hydrogen (secondary N) is 2. The van der Waals surface area contributed by atoms with E-state index in [4.69, 9.17) is 4.74 Å². The topological polar surface area (TPSA) is 142 Å². The summed E-state index contributed by atoms with van der Waals surface area (Å²) in [7, 11) is -4.05. The maximum absolute atomic E-state index is 13.4. The van der Waals surface area contributed by atoms with Crippen molar-refractivity contribution < 1.29 is 33.0 Å². The highest BCUT2D eigenvalue weighted by Crippen LogP contribution is 2.36. The summed E-state index contributed by atoms with van der Waals surface area (Å²) in [5, 5.41) is 24.4. The van der Waals surface area contributed by atoms with Gasteiger partial charge in [-0.05, 0) is 77.4 Å². The Kier molecular flexibility index (Phi) is 11.9. The summed E-state index contributed by atoms with van der Waals surface area (Å²) >= 11 is 0. The second-order valence-electron chi connectivity index (χ2n) is 12.7. The van der Waals surface area contributed by atoms with Crippen molar-refractivity contribution in [2.45, 2.75) is 51.0 Å². The minimum atomic E-state index is -4.05. The summed E-state index contributed by atoms with van der Waals surface area (Å²) in [4.78, 5) is 26.4. The summed E-state index contributed by atoms with van der Waals surface area (Å²) < 4.78 is 34.7. The predicted octanol–water partition coefficient (Wildman–Crippen LogP) is 7.25. The number of hydrogen-bond acceptors (Lipinski definition) is 7. The van der Waals surface area contributed by atoms with Crippen LogP contribution in [-0.2, 0) is 39.0 Å². The Labute approximate surface area is 299 Å². The molecule has 4 N–H and O–H groups in total. The molecule has 0 heterocycles. The molecule has 0 radical (unpaired) electrons. The Morgan fingerprint density at radius 3 is 2.02 bits per heavy atom. The predicted molar refractivity (Wildman–Crippen MR) is 197 cm³/mol. The second kappa shape index (κ2) is 16.5. The van der Waals surface area contributed by atoms with E-state index in [2.05, 4.69) is 23.9 Å². The molecule has 51 heavy (non-hydrogen) atoms. The largest absolute Gasteiger partial charge is 0.507 e. The van der Waals surface area contributed by atoms with E-state index in [-0.39, 0.29) is 53.0 Å². The fraction of sp³-hybridized carbons (Fsp3) is 0.220. The molecule has 10 heteroatoms. The molecule has 0 aliphatic carbocycles. The number of anilines is 1. The number of rotatable bonds is 14. The van der Waals surface area contributed by atoms with Crippen molar-refractivity contribution in [3.63, 3.8) is 0 Å². The first kappa shape index (κ1) is 36.8. The third-order valence-corrected chi connectivity index (χ3v) is 10.2. The fourth-order valence-electron chi connectivity index (χ4n) is 5.83. The van der Waals surface area contributed by atoms with Gasteiger partial charge in [0.05, 0.1) is 16.4 Å². The molecule has 0 saturated heterocycles. The van der Waals surface area contributed by atoms with E-state index >= 15 is 0 Å². The number of phenolic OH excluding ortho intramolecular Hbond substituents is 2. The molecule has 0 bridgehead atoms. The van der Waals surface area contributed by atoms with Gasteiger partial charge in [0.2, 0.25) is 10.0 Å². The number of benzene rings is 5. The lowest BCUT2D eigenvalue weighted by Crippen LogP contribution is -2.35. The Balaban J connectivity index is 1.27. The molecule has 0 aliphatic rings. The standard InChI is InChI=1S/C41H42N2O7S/c1-27(2)36-17-11-10-16-31(36)23-32-24-37(39(45)28(3)38(32)44)40(46)43-34-18-20-35(21-19-34)51(48,49)42-25-33(22-29-12-6-4-7-13-29)41(47)50-26-30-14-8-5-9-15-30/h4-21,24,27,33,42,44-45H,22-23,25-26H2,1-3H3,(H,43,46)/t33-/m1/s1. The van der Waals surface area contributed by atoms with Crippen LogP contribution >= 0.6 is 0 Å². The second-order valence-corrected chi connectivity index (χ2v) is 14.5. The van der Waals surface area contributed by atoms with Gasteiger partial charge in [-0.2, -0.15) is 0 Å². The fourth-order valence-corrected chi connectivity index (χ4v) is 6.91. The normalized spacial score (nSPS) is 12.0. The zero-order chi connectivity index (χ0) is 36.5.